The Hall–Kier alpha value is 0.738. The van der Waals surface area contributed by atoms with Crippen LogP contribution in [-0.4, -0.2) is 47.9 Å². The number of rotatable bonds is 2. The van der Waals surface area contributed by atoms with Crippen LogP contribution in [0.25, 0.3) is 0 Å². The molecule has 3 heteroatoms. The number of hydrogen-bond acceptors (Lipinski definition) is 2. The van der Waals surface area contributed by atoms with Gasteiger partial charge < -0.3 is 10.2 Å². The average molecular weight is 226 g/mol. The number of aliphatic hydroxyl groups excluding tert-OH is 2. The molecule has 49 valence electrons. The van der Waals surface area contributed by atoms with Gasteiger partial charge >= 0.3 is 0 Å². The first-order valence-corrected chi connectivity index (χ1v) is 2.34. The second-order valence-corrected chi connectivity index (χ2v) is 2.48. The minimum atomic E-state index is -0.306. The third kappa shape index (κ3) is 4.89. The maximum atomic E-state index is 8.43. The molecule has 0 bridgehead atoms. The van der Waals surface area contributed by atoms with Crippen molar-refractivity contribution < 1.29 is 10.2 Å². The van der Waals surface area contributed by atoms with Gasteiger partial charge in [0.1, 0.15) is 0 Å². The summed E-state index contributed by atoms with van der Waals surface area (Å²) in [5, 5.41) is 16.9. The molecule has 0 saturated heterocycles. The standard InChI is InChI=1S/C5H12O2.Sb/c1-5(2,3-6)4-7;/h6-7H,3-4H2,1-2H3;. The molecule has 0 rings (SSSR count). The van der Waals surface area contributed by atoms with Crippen molar-refractivity contribution in [3.63, 3.8) is 0 Å². The van der Waals surface area contributed by atoms with Crippen molar-refractivity contribution in [1.29, 1.82) is 0 Å². The minimum absolute atomic E-state index is 0. The molecule has 8 heavy (non-hydrogen) atoms. The summed E-state index contributed by atoms with van der Waals surface area (Å²) in [6.45, 7) is 3.69. The second kappa shape index (κ2) is 4.60. The van der Waals surface area contributed by atoms with Gasteiger partial charge in [0.15, 0.2) is 0 Å². The quantitative estimate of drug-likeness (QED) is 0.630. The van der Waals surface area contributed by atoms with Gasteiger partial charge in [0, 0.05) is 29.8 Å². The summed E-state index contributed by atoms with van der Waals surface area (Å²) in [4.78, 5) is 0. The van der Waals surface area contributed by atoms with Crippen LogP contribution in [0.15, 0.2) is 0 Å². The van der Waals surface area contributed by atoms with Crippen molar-refractivity contribution >= 4 is 24.4 Å². The Morgan fingerprint density at radius 2 is 1.38 bits per heavy atom. The van der Waals surface area contributed by atoms with Crippen LogP contribution in [0.3, 0.4) is 0 Å². The topological polar surface area (TPSA) is 40.5 Å². The molecule has 0 spiro atoms. The first-order valence-electron chi connectivity index (χ1n) is 2.34. The van der Waals surface area contributed by atoms with Crippen LogP contribution in [0.5, 0.6) is 0 Å². The Bertz CT molecular complexity index is 48.4. The van der Waals surface area contributed by atoms with E-state index < -0.39 is 0 Å². The molecule has 0 amide bonds. The van der Waals surface area contributed by atoms with E-state index in [2.05, 4.69) is 0 Å². The molecule has 2 N–H and O–H groups in total. The fraction of sp³-hybridized carbons (Fsp3) is 1.00. The van der Waals surface area contributed by atoms with Crippen molar-refractivity contribution in [3.8, 4) is 0 Å². The van der Waals surface area contributed by atoms with Crippen molar-refractivity contribution in [2.45, 2.75) is 13.8 Å². The zero-order valence-corrected chi connectivity index (χ0v) is 7.81. The van der Waals surface area contributed by atoms with E-state index in [0.29, 0.717) is 0 Å². The van der Waals surface area contributed by atoms with E-state index in [4.69, 9.17) is 10.2 Å². The number of hydrogen-bond donors (Lipinski definition) is 2. The first kappa shape index (κ1) is 11.5. The molecule has 2 nitrogen and oxygen atoms in total. The van der Waals surface area contributed by atoms with E-state index in [0.717, 1.165) is 0 Å². The van der Waals surface area contributed by atoms with Gasteiger partial charge in [-0.3, -0.25) is 0 Å². The Morgan fingerprint density at radius 1 is 1.12 bits per heavy atom. The molecule has 0 aliphatic rings. The van der Waals surface area contributed by atoms with Gasteiger partial charge in [-0.2, -0.15) is 0 Å². The molecular weight excluding hydrogens is 214 g/mol. The van der Waals surface area contributed by atoms with E-state index >= 15 is 0 Å². The second-order valence-electron chi connectivity index (χ2n) is 2.48. The number of aliphatic hydroxyl groups is 2. The fourth-order valence-electron chi connectivity index (χ4n) is 0.0500. The molecule has 0 aromatic heterocycles. The Balaban J connectivity index is 0. The molecule has 0 aliphatic carbocycles. The predicted octanol–water partition coefficient (Wildman–Crippen LogP) is -0.384. The van der Waals surface area contributed by atoms with Crippen molar-refractivity contribution in [2.24, 2.45) is 5.41 Å². The van der Waals surface area contributed by atoms with Gasteiger partial charge in [0.25, 0.3) is 0 Å². The summed E-state index contributed by atoms with van der Waals surface area (Å²) < 4.78 is 0. The van der Waals surface area contributed by atoms with Crippen molar-refractivity contribution in [1.82, 2.24) is 0 Å². The van der Waals surface area contributed by atoms with Gasteiger partial charge in [-0.05, 0) is 0 Å². The van der Waals surface area contributed by atoms with Crippen LogP contribution in [0.4, 0.5) is 0 Å². The molecule has 0 fully saturated rings. The fourth-order valence-corrected chi connectivity index (χ4v) is 0.0500. The predicted molar refractivity (Wildman–Crippen MR) is 33.7 cm³/mol. The smallest absolute Gasteiger partial charge is 0.0504 e. The third-order valence-electron chi connectivity index (χ3n) is 0.856. The molecule has 0 heterocycles. The Labute approximate surface area is 67.4 Å². The summed E-state index contributed by atoms with van der Waals surface area (Å²) >= 11 is 0. The van der Waals surface area contributed by atoms with Crippen molar-refractivity contribution in [2.75, 3.05) is 13.2 Å². The summed E-state index contributed by atoms with van der Waals surface area (Å²) in [5.41, 5.74) is -0.306. The maximum Gasteiger partial charge on any atom is 0.0504 e. The van der Waals surface area contributed by atoms with Crippen LogP contribution in [0.1, 0.15) is 13.8 Å². The molecule has 0 atom stereocenters. The van der Waals surface area contributed by atoms with Gasteiger partial charge in [-0.25, -0.2) is 0 Å². The first-order chi connectivity index (χ1) is 3.12. The summed E-state index contributed by atoms with van der Waals surface area (Å²) in [6, 6.07) is 0. The molecule has 0 aromatic rings. The van der Waals surface area contributed by atoms with Crippen LogP contribution in [0.2, 0.25) is 0 Å². The van der Waals surface area contributed by atoms with Crippen molar-refractivity contribution in [3.05, 3.63) is 0 Å². The van der Waals surface area contributed by atoms with Gasteiger partial charge in [0.2, 0.25) is 0 Å². The zero-order chi connectivity index (χ0) is 5.91. The van der Waals surface area contributed by atoms with E-state index in [1.807, 2.05) is 0 Å². The zero-order valence-electron chi connectivity index (χ0n) is 5.26. The third-order valence-corrected chi connectivity index (χ3v) is 0.856. The Morgan fingerprint density at radius 3 is 1.38 bits per heavy atom. The SMILES string of the molecule is CC(C)(CO)CO.[Sb]. The van der Waals surface area contributed by atoms with Crippen LogP contribution in [0, 0.1) is 5.41 Å². The van der Waals surface area contributed by atoms with Gasteiger partial charge in [-0.1, -0.05) is 13.8 Å². The molecular formula is C5H12O2Sb. The summed E-state index contributed by atoms with van der Waals surface area (Å²) in [6.07, 6.45) is 0. The van der Waals surface area contributed by atoms with E-state index in [1.54, 1.807) is 13.8 Å². The normalized spacial score (nSPS) is 10.5. The molecule has 0 aliphatic heterocycles. The maximum absolute atomic E-state index is 8.43. The van der Waals surface area contributed by atoms with Gasteiger partial charge in [0.05, 0.1) is 13.2 Å². The largest absolute Gasteiger partial charge is 0.396 e. The van der Waals surface area contributed by atoms with Crippen LogP contribution < -0.4 is 0 Å². The summed E-state index contributed by atoms with van der Waals surface area (Å²) in [5.74, 6) is 0. The summed E-state index contributed by atoms with van der Waals surface area (Å²) in [7, 11) is 0. The van der Waals surface area contributed by atoms with Crippen LogP contribution >= 0.6 is 0 Å². The monoisotopic (exact) mass is 225 g/mol. The molecule has 0 saturated carbocycles. The Kier molecular flexibility index (Phi) is 6.63. The average Bonchev–Trinajstić information content (AvgIpc) is 1.68. The van der Waals surface area contributed by atoms with Crippen LogP contribution in [-0.2, 0) is 0 Å². The van der Waals surface area contributed by atoms with E-state index in [-0.39, 0.29) is 43.1 Å². The molecule has 3 radical (unpaired) electrons. The molecule has 0 aromatic carbocycles. The molecule has 0 unspecified atom stereocenters. The van der Waals surface area contributed by atoms with E-state index in [1.165, 1.54) is 0 Å². The minimum Gasteiger partial charge on any atom is -0.396 e. The van der Waals surface area contributed by atoms with E-state index in [9.17, 15) is 0 Å². The van der Waals surface area contributed by atoms with Gasteiger partial charge in [-0.15, -0.1) is 0 Å².